The fraction of sp³-hybridized carbons (Fsp3) is 0.812. The largest absolute Gasteiger partial charge is 0.367 e. The van der Waals surface area contributed by atoms with E-state index in [9.17, 15) is 4.79 Å². The molecule has 0 saturated heterocycles. The van der Waals surface area contributed by atoms with Gasteiger partial charge in [0.1, 0.15) is 11.4 Å². The molecule has 1 saturated carbocycles. The van der Waals surface area contributed by atoms with Crippen LogP contribution in [0.5, 0.6) is 0 Å². The number of ether oxygens (including phenoxy) is 1. The zero-order chi connectivity index (χ0) is 15.5. The van der Waals surface area contributed by atoms with Gasteiger partial charge in [-0.25, -0.2) is 0 Å². The van der Waals surface area contributed by atoms with Gasteiger partial charge in [-0.3, -0.25) is 4.79 Å². The Morgan fingerprint density at radius 1 is 1.52 bits per heavy atom. The quantitative estimate of drug-likeness (QED) is 0.805. The Labute approximate surface area is 126 Å². The predicted molar refractivity (Wildman–Crippen MR) is 78.8 cm³/mol. The maximum atomic E-state index is 11.8. The Balaban J connectivity index is 2.18. The van der Waals surface area contributed by atoms with Crippen LogP contribution in [-0.2, 0) is 21.6 Å². The van der Waals surface area contributed by atoms with Crippen molar-refractivity contribution < 1.29 is 14.1 Å². The first-order chi connectivity index (χ1) is 9.97. The highest BCUT2D eigenvalue weighted by Crippen LogP contribution is 2.41. The van der Waals surface area contributed by atoms with Crippen LogP contribution in [-0.4, -0.2) is 22.5 Å². The molecule has 5 nitrogen and oxygen atoms in total. The minimum absolute atomic E-state index is 0.0177. The Hall–Kier alpha value is -1.23. The minimum Gasteiger partial charge on any atom is -0.367 e. The third-order valence-electron chi connectivity index (χ3n) is 4.22. The zero-order valence-corrected chi connectivity index (χ0v) is 13.5. The summed E-state index contributed by atoms with van der Waals surface area (Å²) < 4.78 is 11.3. The molecule has 21 heavy (non-hydrogen) atoms. The molecule has 2 unspecified atom stereocenters. The van der Waals surface area contributed by atoms with Crippen molar-refractivity contribution in [3.63, 3.8) is 0 Å². The van der Waals surface area contributed by atoms with Crippen LogP contribution in [0.15, 0.2) is 4.52 Å². The fourth-order valence-electron chi connectivity index (χ4n) is 3.04. The number of nitrogens with zero attached hydrogens (tertiary/aromatic N) is 2. The van der Waals surface area contributed by atoms with E-state index in [1.54, 1.807) is 0 Å². The van der Waals surface area contributed by atoms with Crippen LogP contribution in [0.2, 0.25) is 0 Å². The second-order valence-electron chi connectivity index (χ2n) is 6.44. The monoisotopic (exact) mass is 294 g/mol. The maximum absolute atomic E-state index is 11.8. The second-order valence-corrected chi connectivity index (χ2v) is 6.44. The average molecular weight is 294 g/mol. The van der Waals surface area contributed by atoms with Crippen molar-refractivity contribution in [2.24, 2.45) is 11.8 Å². The molecule has 0 aromatic carbocycles. The van der Waals surface area contributed by atoms with Gasteiger partial charge < -0.3 is 9.26 Å². The molecule has 1 aromatic rings. The van der Waals surface area contributed by atoms with Gasteiger partial charge in [-0.2, -0.15) is 4.98 Å². The molecule has 1 aliphatic rings. The van der Waals surface area contributed by atoms with Crippen LogP contribution in [0.3, 0.4) is 0 Å². The van der Waals surface area contributed by atoms with Crippen LogP contribution >= 0.6 is 0 Å². The van der Waals surface area contributed by atoms with Crippen LogP contribution < -0.4 is 0 Å². The van der Waals surface area contributed by atoms with Crippen molar-refractivity contribution in [3.05, 3.63) is 11.7 Å². The van der Waals surface area contributed by atoms with E-state index >= 15 is 0 Å². The SMILES string of the molecule is CCOC1(c2noc(CC(=O)C(C)C)n2)CCCC(C)C1. The number of rotatable bonds is 6. The summed E-state index contributed by atoms with van der Waals surface area (Å²) in [5.74, 6) is 1.71. The Morgan fingerprint density at radius 2 is 2.29 bits per heavy atom. The van der Waals surface area contributed by atoms with Crippen molar-refractivity contribution >= 4 is 5.78 Å². The Kier molecular flexibility index (Phi) is 5.14. The Bertz CT molecular complexity index is 480. The topological polar surface area (TPSA) is 65.2 Å². The highest BCUT2D eigenvalue weighted by Gasteiger charge is 2.41. The van der Waals surface area contributed by atoms with Crippen molar-refractivity contribution in [3.8, 4) is 0 Å². The number of ketones is 1. The Morgan fingerprint density at radius 3 is 2.90 bits per heavy atom. The van der Waals surface area contributed by atoms with Crippen LogP contribution in [0.25, 0.3) is 0 Å². The molecule has 0 amide bonds. The number of carbonyl (C=O) groups excluding carboxylic acids is 1. The third kappa shape index (κ3) is 3.70. The highest BCUT2D eigenvalue weighted by atomic mass is 16.5. The van der Waals surface area contributed by atoms with E-state index in [4.69, 9.17) is 9.26 Å². The van der Waals surface area contributed by atoms with Gasteiger partial charge in [0.15, 0.2) is 0 Å². The molecule has 0 bridgehead atoms. The second kappa shape index (κ2) is 6.69. The lowest BCUT2D eigenvalue weighted by atomic mass is 9.78. The first kappa shape index (κ1) is 16.1. The number of hydrogen-bond donors (Lipinski definition) is 0. The number of Topliss-reactive ketones (excluding diaryl/α,β-unsaturated/α-hetero) is 1. The molecule has 2 rings (SSSR count). The molecule has 2 atom stereocenters. The summed E-state index contributed by atoms with van der Waals surface area (Å²) in [6.07, 6.45) is 4.37. The zero-order valence-electron chi connectivity index (χ0n) is 13.5. The normalized spacial score (nSPS) is 26.2. The molecule has 1 heterocycles. The lowest BCUT2D eigenvalue weighted by molar-refractivity contribution is -0.121. The van der Waals surface area contributed by atoms with Crippen molar-refractivity contribution in [2.45, 2.75) is 65.4 Å². The first-order valence-electron chi connectivity index (χ1n) is 7.96. The van der Waals surface area contributed by atoms with Gasteiger partial charge in [0.2, 0.25) is 11.7 Å². The van der Waals surface area contributed by atoms with Crippen LogP contribution in [0.4, 0.5) is 0 Å². The van der Waals surface area contributed by atoms with Gasteiger partial charge in [-0.15, -0.1) is 0 Å². The molecule has 1 aromatic heterocycles. The van der Waals surface area contributed by atoms with E-state index in [1.165, 1.54) is 6.42 Å². The lowest BCUT2D eigenvalue weighted by Crippen LogP contribution is -2.36. The summed E-state index contributed by atoms with van der Waals surface area (Å²) in [5.41, 5.74) is -0.435. The van der Waals surface area contributed by atoms with Crippen LogP contribution in [0, 0.1) is 11.8 Å². The molecule has 0 spiro atoms. The summed E-state index contributed by atoms with van der Waals surface area (Å²) in [6.45, 7) is 8.61. The molecule has 0 N–H and O–H groups in total. The van der Waals surface area contributed by atoms with E-state index in [0.29, 0.717) is 24.2 Å². The van der Waals surface area contributed by atoms with E-state index in [0.717, 1.165) is 19.3 Å². The predicted octanol–water partition coefficient (Wildman–Crippen LogP) is 3.28. The maximum Gasteiger partial charge on any atom is 0.234 e. The lowest BCUT2D eigenvalue weighted by Gasteiger charge is -2.37. The standard InChI is InChI=1S/C16H26N2O3/c1-5-20-16(8-6-7-12(4)10-16)15-17-14(21-18-15)9-13(19)11(2)3/h11-12H,5-10H2,1-4H3. The number of carbonyl (C=O) groups is 1. The summed E-state index contributed by atoms with van der Waals surface area (Å²) in [6, 6.07) is 0. The van der Waals surface area contributed by atoms with Crippen molar-refractivity contribution in [1.82, 2.24) is 10.1 Å². The van der Waals surface area contributed by atoms with E-state index in [1.807, 2.05) is 20.8 Å². The summed E-state index contributed by atoms with van der Waals surface area (Å²) in [7, 11) is 0. The van der Waals surface area contributed by atoms with E-state index < -0.39 is 5.60 Å². The molecule has 1 aliphatic carbocycles. The molecule has 0 aliphatic heterocycles. The van der Waals surface area contributed by atoms with Crippen LogP contribution in [0.1, 0.15) is 65.1 Å². The van der Waals surface area contributed by atoms with Crippen molar-refractivity contribution in [1.29, 1.82) is 0 Å². The van der Waals surface area contributed by atoms with E-state index in [-0.39, 0.29) is 18.1 Å². The summed E-state index contributed by atoms with van der Waals surface area (Å²) in [5, 5.41) is 4.11. The van der Waals surface area contributed by atoms with Gasteiger partial charge in [-0.05, 0) is 32.1 Å². The van der Waals surface area contributed by atoms with Gasteiger partial charge in [0.05, 0.1) is 6.42 Å². The summed E-state index contributed by atoms with van der Waals surface area (Å²) >= 11 is 0. The van der Waals surface area contributed by atoms with Gasteiger partial charge in [0.25, 0.3) is 0 Å². The molecular weight excluding hydrogens is 268 g/mol. The molecule has 118 valence electrons. The van der Waals surface area contributed by atoms with E-state index in [2.05, 4.69) is 17.1 Å². The highest BCUT2D eigenvalue weighted by molar-refractivity contribution is 5.81. The smallest absolute Gasteiger partial charge is 0.234 e. The molecular formula is C16H26N2O3. The first-order valence-corrected chi connectivity index (χ1v) is 7.96. The number of aromatic nitrogens is 2. The van der Waals surface area contributed by atoms with Gasteiger partial charge >= 0.3 is 0 Å². The molecule has 1 fully saturated rings. The van der Waals surface area contributed by atoms with Gasteiger partial charge in [0, 0.05) is 12.5 Å². The average Bonchev–Trinajstić information content (AvgIpc) is 2.88. The minimum atomic E-state index is -0.435. The third-order valence-corrected chi connectivity index (χ3v) is 4.22. The molecule has 5 heteroatoms. The van der Waals surface area contributed by atoms with Gasteiger partial charge in [-0.1, -0.05) is 32.3 Å². The van der Waals surface area contributed by atoms with Crippen molar-refractivity contribution in [2.75, 3.05) is 6.61 Å². The fourth-order valence-corrected chi connectivity index (χ4v) is 3.04. The molecule has 0 radical (unpaired) electrons. The number of hydrogen-bond acceptors (Lipinski definition) is 5. The summed E-state index contributed by atoms with van der Waals surface area (Å²) in [4.78, 5) is 16.3.